The molecule has 2 aromatic rings. The van der Waals surface area contributed by atoms with Gasteiger partial charge in [-0.25, -0.2) is 0 Å². The van der Waals surface area contributed by atoms with Crippen LogP contribution in [-0.2, 0) is 15.0 Å². The first-order valence-electron chi connectivity index (χ1n) is 9.48. The second kappa shape index (κ2) is 8.85. The second-order valence-corrected chi connectivity index (χ2v) is 7.69. The Morgan fingerprint density at radius 3 is 1.89 bits per heavy atom. The predicted octanol–water partition coefficient (Wildman–Crippen LogP) is 4.78. The third-order valence-electron chi connectivity index (χ3n) is 4.66. The molecule has 0 aliphatic rings. The van der Waals surface area contributed by atoms with Crippen LogP contribution in [0.4, 0.5) is 11.4 Å². The molecule has 0 radical (unpaired) electrons. The van der Waals surface area contributed by atoms with Gasteiger partial charge in [0.2, 0.25) is 11.8 Å². The molecule has 2 rings (SSSR count). The lowest BCUT2D eigenvalue weighted by atomic mass is 9.87. The molecule has 27 heavy (non-hydrogen) atoms. The van der Waals surface area contributed by atoms with Gasteiger partial charge in [0.25, 0.3) is 0 Å². The molecule has 0 saturated heterocycles. The van der Waals surface area contributed by atoms with Crippen molar-refractivity contribution < 1.29 is 9.59 Å². The van der Waals surface area contributed by atoms with E-state index in [4.69, 9.17) is 0 Å². The van der Waals surface area contributed by atoms with Crippen molar-refractivity contribution in [2.45, 2.75) is 46.5 Å². The minimum Gasteiger partial charge on any atom is -0.313 e. The van der Waals surface area contributed by atoms with E-state index in [-0.39, 0.29) is 23.7 Å². The first-order chi connectivity index (χ1) is 12.7. The molecule has 0 N–H and O–H groups in total. The van der Waals surface area contributed by atoms with Crippen LogP contribution in [0.1, 0.15) is 46.6 Å². The standard InChI is InChI=1S/C23H30N2O2/c1-6-24(20-10-8-7-9-11-20)22(27)16-17-25(18(2)26)21-14-12-19(13-15-21)23(3,4)5/h7-15H,6,16-17H2,1-5H3. The van der Waals surface area contributed by atoms with Crippen LogP contribution in [0.25, 0.3) is 0 Å². The van der Waals surface area contributed by atoms with Crippen molar-refractivity contribution >= 4 is 23.2 Å². The van der Waals surface area contributed by atoms with E-state index < -0.39 is 0 Å². The topological polar surface area (TPSA) is 40.6 Å². The van der Waals surface area contributed by atoms with E-state index in [2.05, 4.69) is 32.9 Å². The van der Waals surface area contributed by atoms with Crippen molar-refractivity contribution in [3.05, 3.63) is 60.2 Å². The summed E-state index contributed by atoms with van der Waals surface area (Å²) in [6.07, 6.45) is 0.281. The van der Waals surface area contributed by atoms with Gasteiger partial charge < -0.3 is 9.80 Å². The Labute approximate surface area is 162 Å². The first-order valence-corrected chi connectivity index (χ1v) is 9.48. The first kappa shape index (κ1) is 20.7. The van der Waals surface area contributed by atoms with Gasteiger partial charge in [-0.05, 0) is 42.2 Å². The molecular weight excluding hydrogens is 336 g/mol. The molecule has 2 amide bonds. The third-order valence-corrected chi connectivity index (χ3v) is 4.66. The van der Waals surface area contributed by atoms with Crippen LogP contribution < -0.4 is 9.80 Å². The SMILES string of the molecule is CCN(C(=O)CCN(C(C)=O)c1ccc(C(C)(C)C)cc1)c1ccccc1. The summed E-state index contributed by atoms with van der Waals surface area (Å²) in [6, 6.07) is 17.6. The summed E-state index contributed by atoms with van der Waals surface area (Å²) in [6.45, 7) is 10.9. The van der Waals surface area contributed by atoms with Crippen LogP contribution in [0.15, 0.2) is 54.6 Å². The van der Waals surface area contributed by atoms with Crippen molar-refractivity contribution in [2.75, 3.05) is 22.9 Å². The molecule has 0 unspecified atom stereocenters. The normalized spacial score (nSPS) is 11.1. The zero-order chi connectivity index (χ0) is 20.0. The lowest BCUT2D eigenvalue weighted by Crippen LogP contribution is -2.36. The maximum Gasteiger partial charge on any atom is 0.228 e. The van der Waals surface area contributed by atoms with Crippen molar-refractivity contribution in [1.29, 1.82) is 0 Å². The fourth-order valence-corrected chi connectivity index (χ4v) is 3.06. The number of rotatable bonds is 6. The minimum absolute atomic E-state index is 0.0151. The average Bonchev–Trinajstić information content (AvgIpc) is 2.63. The molecule has 0 spiro atoms. The highest BCUT2D eigenvalue weighted by Crippen LogP contribution is 2.25. The van der Waals surface area contributed by atoms with E-state index in [1.165, 1.54) is 12.5 Å². The molecule has 2 aromatic carbocycles. The Balaban J connectivity index is 2.10. The highest BCUT2D eigenvalue weighted by molar-refractivity contribution is 5.96. The molecule has 4 nitrogen and oxygen atoms in total. The van der Waals surface area contributed by atoms with E-state index in [1.54, 1.807) is 9.80 Å². The maximum absolute atomic E-state index is 12.7. The second-order valence-electron chi connectivity index (χ2n) is 7.69. The van der Waals surface area contributed by atoms with E-state index in [0.29, 0.717) is 13.1 Å². The van der Waals surface area contributed by atoms with Gasteiger partial charge in [0.05, 0.1) is 0 Å². The number of amides is 2. The largest absolute Gasteiger partial charge is 0.313 e. The van der Waals surface area contributed by atoms with Gasteiger partial charge in [-0.1, -0.05) is 51.1 Å². The molecule has 4 heteroatoms. The molecule has 0 saturated carbocycles. The molecule has 0 fully saturated rings. The average molecular weight is 367 g/mol. The zero-order valence-corrected chi connectivity index (χ0v) is 17.0. The van der Waals surface area contributed by atoms with E-state index in [1.807, 2.05) is 49.4 Å². The maximum atomic E-state index is 12.7. The molecule has 0 atom stereocenters. The van der Waals surface area contributed by atoms with Crippen LogP contribution in [0.2, 0.25) is 0 Å². The summed E-state index contributed by atoms with van der Waals surface area (Å²) in [4.78, 5) is 28.3. The highest BCUT2D eigenvalue weighted by atomic mass is 16.2. The monoisotopic (exact) mass is 366 g/mol. The highest BCUT2D eigenvalue weighted by Gasteiger charge is 2.19. The molecule has 144 valence electrons. The molecule has 0 aliphatic heterocycles. The van der Waals surface area contributed by atoms with Gasteiger partial charge in [0.15, 0.2) is 0 Å². The van der Waals surface area contributed by atoms with E-state index >= 15 is 0 Å². The van der Waals surface area contributed by atoms with Gasteiger partial charge in [-0.15, -0.1) is 0 Å². The molecule has 0 heterocycles. The van der Waals surface area contributed by atoms with Gasteiger partial charge in [0.1, 0.15) is 0 Å². The van der Waals surface area contributed by atoms with E-state index in [9.17, 15) is 9.59 Å². The van der Waals surface area contributed by atoms with Gasteiger partial charge in [0, 0.05) is 37.8 Å². The van der Waals surface area contributed by atoms with Crippen molar-refractivity contribution in [3.8, 4) is 0 Å². The lowest BCUT2D eigenvalue weighted by molar-refractivity contribution is -0.118. The van der Waals surface area contributed by atoms with Crippen molar-refractivity contribution in [3.63, 3.8) is 0 Å². The summed E-state index contributed by atoms with van der Waals surface area (Å²) in [5.41, 5.74) is 2.99. The molecule has 0 aromatic heterocycles. The van der Waals surface area contributed by atoms with Gasteiger partial charge in [-0.2, -0.15) is 0 Å². The molecule has 0 bridgehead atoms. The van der Waals surface area contributed by atoms with Crippen LogP contribution in [-0.4, -0.2) is 24.9 Å². The minimum atomic E-state index is -0.0610. The van der Waals surface area contributed by atoms with Crippen LogP contribution >= 0.6 is 0 Å². The number of hydrogen-bond acceptors (Lipinski definition) is 2. The summed E-state index contributed by atoms with van der Waals surface area (Å²) >= 11 is 0. The van der Waals surface area contributed by atoms with E-state index in [0.717, 1.165) is 11.4 Å². The summed E-state index contributed by atoms with van der Waals surface area (Å²) in [5, 5.41) is 0. The number of para-hydroxylation sites is 1. The molecule has 0 aliphatic carbocycles. The number of carbonyl (C=O) groups is 2. The zero-order valence-electron chi connectivity index (χ0n) is 17.0. The Morgan fingerprint density at radius 1 is 0.852 bits per heavy atom. The number of hydrogen-bond donors (Lipinski definition) is 0. The summed E-state index contributed by atoms with van der Waals surface area (Å²) in [5.74, 6) is -0.0460. The third kappa shape index (κ3) is 5.43. The fourth-order valence-electron chi connectivity index (χ4n) is 3.06. The van der Waals surface area contributed by atoms with Gasteiger partial charge >= 0.3 is 0 Å². The number of anilines is 2. The van der Waals surface area contributed by atoms with Crippen molar-refractivity contribution in [1.82, 2.24) is 0 Å². The van der Waals surface area contributed by atoms with Gasteiger partial charge in [-0.3, -0.25) is 9.59 Å². The predicted molar refractivity (Wildman–Crippen MR) is 112 cm³/mol. The lowest BCUT2D eigenvalue weighted by Gasteiger charge is -2.26. The van der Waals surface area contributed by atoms with Crippen LogP contribution in [0, 0.1) is 0 Å². The summed E-state index contributed by atoms with van der Waals surface area (Å²) < 4.78 is 0. The Morgan fingerprint density at radius 2 is 1.41 bits per heavy atom. The fraction of sp³-hybridized carbons (Fsp3) is 0.391. The smallest absolute Gasteiger partial charge is 0.228 e. The van der Waals surface area contributed by atoms with Crippen molar-refractivity contribution in [2.24, 2.45) is 0 Å². The Bertz CT molecular complexity index is 761. The van der Waals surface area contributed by atoms with Crippen LogP contribution in [0.5, 0.6) is 0 Å². The Hall–Kier alpha value is -2.62. The molecular formula is C23H30N2O2. The van der Waals surface area contributed by atoms with Crippen LogP contribution in [0.3, 0.4) is 0 Å². The Kier molecular flexibility index (Phi) is 6.78. The number of benzene rings is 2. The summed E-state index contributed by atoms with van der Waals surface area (Å²) in [7, 11) is 0. The number of carbonyl (C=O) groups excluding carboxylic acids is 2. The quantitative estimate of drug-likeness (QED) is 0.738. The number of nitrogens with zero attached hydrogens (tertiary/aromatic N) is 2.